The van der Waals surface area contributed by atoms with Gasteiger partial charge < -0.3 is 5.73 Å². The molecule has 0 heterocycles. The van der Waals surface area contributed by atoms with Gasteiger partial charge in [-0.25, -0.2) is 0 Å². The minimum atomic E-state index is -0.531. The van der Waals surface area contributed by atoms with Gasteiger partial charge in [-0.3, -0.25) is 4.79 Å². The highest BCUT2D eigenvalue weighted by atomic mass is 35.5. The number of carbonyl (C=O) groups is 1. The summed E-state index contributed by atoms with van der Waals surface area (Å²) in [5.41, 5.74) is 7.57. The van der Waals surface area contributed by atoms with Crippen molar-refractivity contribution in [3.05, 3.63) is 29.3 Å². The van der Waals surface area contributed by atoms with Crippen molar-refractivity contribution < 1.29 is 4.79 Å². The molecule has 1 aromatic carbocycles. The van der Waals surface area contributed by atoms with E-state index in [1.807, 2.05) is 0 Å². The van der Waals surface area contributed by atoms with Crippen molar-refractivity contribution in [2.24, 2.45) is 0 Å². The van der Waals surface area contributed by atoms with Crippen LogP contribution < -0.4 is 5.73 Å². The molecule has 0 bridgehead atoms. The highest BCUT2D eigenvalue weighted by Gasteiger charge is 2.12. The van der Waals surface area contributed by atoms with Gasteiger partial charge in [-0.2, -0.15) is 0 Å². The van der Waals surface area contributed by atoms with E-state index < -0.39 is 5.38 Å². The maximum absolute atomic E-state index is 11.5. The Labute approximate surface area is 93.0 Å². The number of nitrogens with two attached hydrogens (primary N) is 1. The van der Waals surface area contributed by atoms with Crippen LogP contribution in [0.3, 0.4) is 0 Å². The van der Waals surface area contributed by atoms with Gasteiger partial charge in [-0.05, 0) is 18.6 Å². The number of rotatable bonds is 3. The Morgan fingerprint density at radius 2 is 2.21 bits per heavy atom. The fraction of sp³-hybridized carbons (Fsp3) is 0.300. The molecule has 1 atom stereocenters. The van der Waals surface area contributed by atoms with Crippen LogP contribution in [0.1, 0.15) is 22.8 Å². The van der Waals surface area contributed by atoms with Crippen molar-refractivity contribution in [1.29, 1.82) is 0 Å². The number of nitrogen functional groups attached to an aromatic ring is 1. The van der Waals surface area contributed by atoms with Gasteiger partial charge in [-0.1, -0.05) is 12.1 Å². The van der Waals surface area contributed by atoms with E-state index >= 15 is 0 Å². The highest BCUT2D eigenvalue weighted by Crippen LogP contribution is 2.18. The Morgan fingerprint density at radius 1 is 1.57 bits per heavy atom. The van der Waals surface area contributed by atoms with Gasteiger partial charge in [0.1, 0.15) is 0 Å². The molecule has 0 aliphatic rings. The van der Waals surface area contributed by atoms with E-state index in [9.17, 15) is 4.79 Å². The Morgan fingerprint density at radius 3 is 2.64 bits per heavy atom. The zero-order chi connectivity index (χ0) is 10.7. The summed E-state index contributed by atoms with van der Waals surface area (Å²) in [6.45, 7) is 1.63. The molecule has 0 fully saturated rings. The molecule has 0 amide bonds. The largest absolute Gasteiger partial charge is 0.398 e. The Bertz CT molecular complexity index is 350. The summed E-state index contributed by atoms with van der Waals surface area (Å²) in [4.78, 5) is 11.5. The highest BCUT2D eigenvalue weighted by molar-refractivity contribution is 6.33. The van der Waals surface area contributed by atoms with Crippen LogP contribution in [0.5, 0.6) is 0 Å². The molecule has 0 saturated heterocycles. The van der Waals surface area contributed by atoms with Crippen molar-refractivity contribution in [3.8, 4) is 0 Å². The van der Waals surface area contributed by atoms with E-state index in [1.54, 1.807) is 25.1 Å². The predicted octanol–water partition coefficient (Wildman–Crippen LogP) is 2.82. The lowest BCUT2D eigenvalue weighted by Crippen LogP contribution is -2.11. The van der Waals surface area contributed by atoms with E-state index in [-0.39, 0.29) is 5.78 Å². The van der Waals surface area contributed by atoms with Crippen molar-refractivity contribution >= 4 is 34.7 Å². The Hall–Kier alpha value is -0.730. The number of halogens is 2. The molecule has 2 nitrogen and oxygen atoms in total. The Balaban J connectivity index is 3.03. The topological polar surface area (TPSA) is 43.1 Å². The summed E-state index contributed by atoms with van der Waals surface area (Å²) in [5.74, 6) is 0.219. The minimum Gasteiger partial charge on any atom is -0.398 e. The molecule has 76 valence electrons. The summed E-state index contributed by atoms with van der Waals surface area (Å²) in [5, 5.41) is -0.531. The number of hydrogen-bond acceptors (Lipinski definition) is 2. The average molecular weight is 232 g/mol. The lowest BCUT2D eigenvalue weighted by Gasteiger charge is -2.06. The lowest BCUT2D eigenvalue weighted by molar-refractivity contribution is 0.0992. The number of ketones is 1. The van der Waals surface area contributed by atoms with E-state index in [2.05, 4.69) is 0 Å². The third-order valence-electron chi connectivity index (χ3n) is 1.94. The number of benzene rings is 1. The Kier molecular flexibility index (Phi) is 3.78. The molecule has 1 rings (SSSR count). The number of hydrogen-bond donors (Lipinski definition) is 1. The molecule has 0 spiro atoms. The van der Waals surface area contributed by atoms with Crippen LogP contribution in [0.4, 0.5) is 5.69 Å². The maximum Gasteiger partial charge on any atom is 0.180 e. The zero-order valence-electron chi connectivity index (χ0n) is 7.76. The van der Waals surface area contributed by atoms with Crippen LogP contribution in [0.15, 0.2) is 18.2 Å². The number of Topliss-reactive ketones (excluding diaryl/α,β-unsaturated/α-hetero) is 1. The predicted molar refractivity (Wildman–Crippen MR) is 60.1 cm³/mol. The smallest absolute Gasteiger partial charge is 0.180 e. The summed E-state index contributed by atoms with van der Waals surface area (Å²) < 4.78 is 0. The first-order valence-electron chi connectivity index (χ1n) is 4.19. The monoisotopic (exact) mass is 231 g/mol. The third-order valence-corrected chi connectivity index (χ3v) is 2.42. The van der Waals surface area contributed by atoms with Crippen molar-refractivity contribution in [3.63, 3.8) is 0 Å². The number of carbonyl (C=O) groups excluding carboxylic acids is 1. The van der Waals surface area contributed by atoms with Gasteiger partial charge in [-0.15, -0.1) is 23.2 Å². The average Bonchev–Trinajstić information content (AvgIpc) is 2.16. The van der Waals surface area contributed by atoms with Crippen LogP contribution in [0.25, 0.3) is 0 Å². The first-order chi connectivity index (χ1) is 6.56. The first-order valence-corrected chi connectivity index (χ1v) is 5.16. The van der Waals surface area contributed by atoms with E-state index in [1.165, 1.54) is 0 Å². The SMILES string of the molecule is CC(Cl)C(=O)c1ccc(CCl)c(N)c1. The summed E-state index contributed by atoms with van der Waals surface area (Å²) in [7, 11) is 0. The molecular weight excluding hydrogens is 221 g/mol. The molecule has 4 heteroatoms. The van der Waals surface area contributed by atoms with Crippen LogP contribution in [-0.4, -0.2) is 11.2 Å². The van der Waals surface area contributed by atoms with Gasteiger partial charge in [0.25, 0.3) is 0 Å². The quantitative estimate of drug-likeness (QED) is 0.494. The van der Waals surface area contributed by atoms with Crippen molar-refractivity contribution in [2.45, 2.75) is 18.2 Å². The van der Waals surface area contributed by atoms with Gasteiger partial charge in [0.15, 0.2) is 5.78 Å². The normalized spacial score (nSPS) is 12.5. The molecule has 1 unspecified atom stereocenters. The van der Waals surface area contributed by atoms with Crippen LogP contribution >= 0.6 is 23.2 Å². The molecule has 0 aromatic heterocycles. The molecular formula is C10H11Cl2NO. The van der Waals surface area contributed by atoms with Gasteiger partial charge in [0, 0.05) is 17.1 Å². The van der Waals surface area contributed by atoms with Crippen LogP contribution in [0, 0.1) is 0 Å². The van der Waals surface area contributed by atoms with Crippen LogP contribution in [0.2, 0.25) is 0 Å². The fourth-order valence-electron chi connectivity index (χ4n) is 1.10. The van der Waals surface area contributed by atoms with Gasteiger partial charge in [0.2, 0.25) is 0 Å². The molecule has 14 heavy (non-hydrogen) atoms. The third kappa shape index (κ3) is 2.40. The molecule has 2 N–H and O–H groups in total. The lowest BCUT2D eigenvalue weighted by atomic mass is 10.1. The summed E-state index contributed by atoms with van der Waals surface area (Å²) in [6.07, 6.45) is 0. The van der Waals surface area contributed by atoms with Crippen LogP contribution in [-0.2, 0) is 5.88 Å². The van der Waals surface area contributed by atoms with Gasteiger partial charge in [0.05, 0.1) is 5.38 Å². The van der Waals surface area contributed by atoms with E-state index in [0.717, 1.165) is 5.56 Å². The summed E-state index contributed by atoms with van der Waals surface area (Å²) >= 11 is 11.3. The standard InChI is InChI=1S/C10H11Cl2NO/c1-6(12)10(14)7-2-3-8(5-11)9(13)4-7/h2-4,6H,5,13H2,1H3. The molecule has 0 aliphatic heterocycles. The van der Waals surface area contributed by atoms with Crippen molar-refractivity contribution in [2.75, 3.05) is 5.73 Å². The second-order valence-electron chi connectivity index (χ2n) is 3.03. The first kappa shape index (κ1) is 11.3. The van der Waals surface area contributed by atoms with E-state index in [0.29, 0.717) is 17.1 Å². The minimum absolute atomic E-state index is 0.125. The van der Waals surface area contributed by atoms with Crippen molar-refractivity contribution in [1.82, 2.24) is 0 Å². The molecule has 0 aliphatic carbocycles. The second-order valence-corrected chi connectivity index (χ2v) is 3.95. The maximum atomic E-state index is 11.5. The zero-order valence-corrected chi connectivity index (χ0v) is 9.27. The van der Waals surface area contributed by atoms with Gasteiger partial charge >= 0.3 is 0 Å². The summed E-state index contributed by atoms with van der Waals surface area (Å²) in [6, 6.07) is 5.04. The number of anilines is 1. The second kappa shape index (κ2) is 4.67. The fourth-order valence-corrected chi connectivity index (χ4v) is 1.47. The van der Waals surface area contributed by atoms with E-state index in [4.69, 9.17) is 28.9 Å². The molecule has 1 aromatic rings. The number of alkyl halides is 2. The molecule has 0 saturated carbocycles. The molecule has 0 radical (unpaired) electrons.